The van der Waals surface area contributed by atoms with Crippen molar-refractivity contribution in [3.63, 3.8) is 0 Å². The van der Waals surface area contributed by atoms with Gasteiger partial charge >= 0.3 is 5.91 Å². The third-order valence-corrected chi connectivity index (χ3v) is 7.36. The first-order chi connectivity index (χ1) is 16.7. The maximum Gasteiger partial charge on any atom is 0.340 e. The second kappa shape index (κ2) is 9.12. The predicted octanol–water partition coefficient (Wildman–Crippen LogP) is 5.62. The van der Waals surface area contributed by atoms with Crippen LogP contribution in [0.15, 0.2) is 71.9 Å². The normalized spacial score (nSPS) is 21.7. The highest BCUT2D eigenvalue weighted by molar-refractivity contribution is 6.37. The molecule has 0 radical (unpaired) electrons. The fourth-order valence-electron chi connectivity index (χ4n) is 4.56. The smallest absolute Gasteiger partial charge is 0.340 e. The number of likely N-dealkylation sites (N-methyl/N-ethyl adjacent to an activating group) is 2. The Hall–Kier alpha value is -2.61. The van der Waals surface area contributed by atoms with Crippen molar-refractivity contribution in [2.24, 2.45) is 4.99 Å². The molecule has 9 heteroatoms. The standard InChI is InChI=1S/C26H25Cl3N5O/c1-33-14-15-34(2,3)26(33)31-24(20-12-11-19(28)16-21(20)29)23(17-7-9-18(27)10-8-17)25(32-26)35-22-6-4-5-13-30-22/h4-13,16,31H,14-15H2,1-3H3/q+1. The monoisotopic (exact) mass is 528 g/mol. The third kappa shape index (κ3) is 4.30. The minimum atomic E-state index is -0.821. The van der Waals surface area contributed by atoms with Crippen LogP contribution < -0.4 is 10.1 Å². The summed E-state index contributed by atoms with van der Waals surface area (Å²) in [5.41, 5.74) is 3.20. The molecule has 35 heavy (non-hydrogen) atoms. The number of pyridine rings is 1. The number of nitrogens with one attached hydrogen (secondary N) is 1. The molecule has 1 aromatic heterocycles. The van der Waals surface area contributed by atoms with Crippen LogP contribution in [0.1, 0.15) is 11.1 Å². The molecule has 1 atom stereocenters. The summed E-state index contributed by atoms with van der Waals surface area (Å²) in [5.74, 6) is 0.0613. The molecule has 3 heterocycles. The predicted molar refractivity (Wildman–Crippen MR) is 143 cm³/mol. The number of nitrogens with zero attached hydrogens (tertiary/aromatic N) is 4. The summed E-state index contributed by atoms with van der Waals surface area (Å²) in [5, 5.41) is 5.47. The molecule has 0 bridgehead atoms. The summed E-state index contributed by atoms with van der Waals surface area (Å²) in [6.07, 6.45) is 1.69. The molecule has 5 rings (SSSR count). The summed E-state index contributed by atoms with van der Waals surface area (Å²) in [7, 11) is 6.34. The first-order valence-corrected chi connectivity index (χ1v) is 12.3. The second-order valence-electron chi connectivity index (χ2n) is 9.16. The highest BCUT2D eigenvalue weighted by atomic mass is 35.5. The molecule has 0 saturated carbocycles. The molecule has 2 aromatic carbocycles. The molecule has 1 fully saturated rings. The summed E-state index contributed by atoms with van der Waals surface area (Å²) in [6.45, 7) is 1.74. The Balaban J connectivity index is 1.80. The summed E-state index contributed by atoms with van der Waals surface area (Å²) in [4.78, 5) is 11.8. The van der Waals surface area contributed by atoms with Crippen LogP contribution in [0.25, 0.3) is 11.3 Å². The first-order valence-electron chi connectivity index (χ1n) is 11.2. The highest BCUT2D eigenvalue weighted by Crippen LogP contribution is 2.41. The number of hydrogen-bond donors (Lipinski definition) is 1. The van der Waals surface area contributed by atoms with E-state index in [4.69, 9.17) is 44.5 Å². The lowest BCUT2D eigenvalue weighted by Gasteiger charge is -2.45. The molecule has 1 unspecified atom stereocenters. The summed E-state index contributed by atoms with van der Waals surface area (Å²) < 4.78 is 6.97. The van der Waals surface area contributed by atoms with Crippen LogP contribution in [0.5, 0.6) is 5.88 Å². The molecule has 0 amide bonds. The van der Waals surface area contributed by atoms with E-state index in [-0.39, 0.29) is 0 Å². The molecule has 6 nitrogen and oxygen atoms in total. The van der Waals surface area contributed by atoms with Crippen LogP contribution in [0.2, 0.25) is 15.1 Å². The van der Waals surface area contributed by atoms with Gasteiger partial charge in [0.05, 0.1) is 43.5 Å². The number of rotatable bonds is 3. The molecule has 3 aromatic rings. The third-order valence-electron chi connectivity index (χ3n) is 6.56. The van der Waals surface area contributed by atoms with Crippen LogP contribution >= 0.6 is 34.8 Å². The fraction of sp³-hybridized carbons (Fsp3) is 0.231. The zero-order valence-electron chi connectivity index (χ0n) is 19.6. The number of benzene rings is 2. The van der Waals surface area contributed by atoms with E-state index in [1.807, 2.05) is 54.6 Å². The largest absolute Gasteiger partial charge is 0.420 e. The van der Waals surface area contributed by atoms with Gasteiger partial charge < -0.3 is 4.74 Å². The van der Waals surface area contributed by atoms with Gasteiger partial charge in [-0.05, 0) is 49.0 Å². The number of halogens is 3. The maximum atomic E-state index is 6.76. The summed E-state index contributed by atoms with van der Waals surface area (Å²) >= 11 is 19.2. The number of aromatic nitrogens is 1. The topological polar surface area (TPSA) is 49.8 Å². The van der Waals surface area contributed by atoms with Crippen molar-refractivity contribution in [2.75, 3.05) is 34.2 Å². The molecular formula is C26H25Cl3N5O+. The van der Waals surface area contributed by atoms with Gasteiger partial charge in [0.15, 0.2) is 0 Å². The van der Waals surface area contributed by atoms with Crippen LogP contribution in [-0.2, 0) is 0 Å². The van der Waals surface area contributed by atoms with Gasteiger partial charge in [-0.3, -0.25) is 9.80 Å². The Morgan fingerprint density at radius 2 is 1.74 bits per heavy atom. The molecule has 2 aliphatic rings. The van der Waals surface area contributed by atoms with Crippen molar-refractivity contribution in [3.8, 4) is 5.88 Å². The molecule has 0 aliphatic carbocycles. The Morgan fingerprint density at radius 3 is 2.37 bits per heavy atom. The summed E-state index contributed by atoms with van der Waals surface area (Å²) in [6, 6.07) is 18.6. The van der Waals surface area contributed by atoms with Crippen LogP contribution in [0, 0.1) is 0 Å². The SMILES string of the molecule is CN1CC[N+](C)(C)C12N=C(Oc1ccccn1)C(c1ccc(Cl)cc1)=C(c1ccc(Cl)cc1Cl)N2. The second-order valence-corrected chi connectivity index (χ2v) is 10.4. The zero-order valence-corrected chi connectivity index (χ0v) is 21.9. The quantitative estimate of drug-likeness (QED) is 0.447. The Labute approximate surface area is 220 Å². The number of aliphatic imine (C=N–C) groups is 1. The van der Waals surface area contributed by atoms with Gasteiger partial charge in [0.2, 0.25) is 11.8 Å². The maximum absolute atomic E-state index is 6.76. The van der Waals surface area contributed by atoms with Crippen molar-refractivity contribution in [1.29, 1.82) is 0 Å². The lowest BCUT2D eigenvalue weighted by molar-refractivity contribution is -0.938. The lowest BCUT2D eigenvalue weighted by atomic mass is 9.97. The van der Waals surface area contributed by atoms with Gasteiger partial charge in [-0.15, -0.1) is 0 Å². The number of quaternary nitrogens is 1. The molecule has 180 valence electrons. The van der Waals surface area contributed by atoms with E-state index in [1.54, 1.807) is 12.3 Å². The van der Waals surface area contributed by atoms with Gasteiger partial charge in [-0.25, -0.2) is 9.88 Å². The van der Waals surface area contributed by atoms with E-state index in [2.05, 4.69) is 36.3 Å². The minimum absolute atomic E-state index is 0.436. The van der Waals surface area contributed by atoms with Gasteiger partial charge in [0.1, 0.15) is 0 Å². The van der Waals surface area contributed by atoms with Crippen molar-refractivity contribution < 1.29 is 9.22 Å². The molecule has 1 saturated heterocycles. The van der Waals surface area contributed by atoms with Crippen molar-refractivity contribution in [2.45, 2.75) is 5.91 Å². The van der Waals surface area contributed by atoms with Gasteiger partial charge in [-0.2, -0.15) is 4.99 Å². The van der Waals surface area contributed by atoms with Crippen molar-refractivity contribution in [3.05, 3.63) is 93.1 Å². The average molecular weight is 530 g/mol. The van der Waals surface area contributed by atoms with E-state index in [1.165, 1.54) is 0 Å². The molecular weight excluding hydrogens is 505 g/mol. The van der Waals surface area contributed by atoms with Gasteiger partial charge in [0, 0.05) is 27.9 Å². The van der Waals surface area contributed by atoms with Crippen LogP contribution in [0.3, 0.4) is 0 Å². The molecule has 1 N–H and O–H groups in total. The number of hydrogen-bond acceptors (Lipinski definition) is 5. The Morgan fingerprint density at radius 1 is 1.00 bits per heavy atom. The zero-order chi connectivity index (χ0) is 24.8. The van der Waals surface area contributed by atoms with Crippen molar-refractivity contribution >= 4 is 52.0 Å². The van der Waals surface area contributed by atoms with E-state index < -0.39 is 5.91 Å². The Kier molecular flexibility index (Phi) is 6.28. The van der Waals surface area contributed by atoms with Gasteiger partial charge in [-0.1, -0.05) is 53.0 Å². The van der Waals surface area contributed by atoms with E-state index in [0.717, 1.165) is 35.5 Å². The highest BCUT2D eigenvalue weighted by Gasteiger charge is 2.58. The molecule has 2 aliphatic heterocycles. The van der Waals surface area contributed by atoms with Crippen LogP contribution in [-0.4, -0.2) is 60.4 Å². The average Bonchev–Trinajstić information content (AvgIpc) is 3.03. The number of ether oxygens (including phenoxy) is 1. The fourth-order valence-corrected chi connectivity index (χ4v) is 5.19. The van der Waals surface area contributed by atoms with Crippen LogP contribution in [0.4, 0.5) is 0 Å². The molecule has 1 spiro atoms. The van der Waals surface area contributed by atoms with E-state index in [0.29, 0.717) is 31.3 Å². The van der Waals surface area contributed by atoms with E-state index >= 15 is 0 Å². The first kappa shape index (κ1) is 24.1. The minimum Gasteiger partial charge on any atom is -0.420 e. The van der Waals surface area contributed by atoms with Gasteiger partial charge in [0.25, 0.3) is 0 Å². The van der Waals surface area contributed by atoms with Crippen molar-refractivity contribution in [1.82, 2.24) is 15.2 Å². The van der Waals surface area contributed by atoms with E-state index in [9.17, 15) is 0 Å². The lowest BCUT2D eigenvalue weighted by Crippen LogP contribution is -2.69. The Bertz CT molecular complexity index is 1320.